The van der Waals surface area contributed by atoms with Gasteiger partial charge in [-0.3, -0.25) is 0 Å². The summed E-state index contributed by atoms with van der Waals surface area (Å²) in [6, 6.07) is 6.59. The number of halogens is 4. The Morgan fingerprint density at radius 1 is 1.35 bits per heavy atom. The molecule has 1 aliphatic rings. The average molecular weight is 459 g/mol. The summed E-state index contributed by atoms with van der Waals surface area (Å²) < 4.78 is 23.1. The van der Waals surface area contributed by atoms with Crippen molar-refractivity contribution in [1.29, 1.82) is 0 Å². The zero-order valence-electron chi connectivity index (χ0n) is 13.6. The Morgan fingerprint density at radius 2 is 2.19 bits per heavy atom. The maximum absolute atomic E-state index is 14.7. The van der Waals surface area contributed by atoms with Crippen molar-refractivity contribution in [2.75, 3.05) is 19.7 Å². The third-order valence-electron chi connectivity index (χ3n) is 4.36. The van der Waals surface area contributed by atoms with Gasteiger partial charge in [0.1, 0.15) is 11.5 Å². The van der Waals surface area contributed by atoms with Crippen molar-refractivity contribution < 1.29 is 9.13 Å². The molecule has 3 heterocycles. The van der Waals surface area contributed by atoms with Crippen molar-refractivity contribution in [1.82, 2.24) is 14.7 Å². The van der Waals surface area contributed by atoms with Crippen molar-refractivity contribution in [3.63, 3.8) is 0 Å². The summed E-state index contributed by atoms with van der Waals surface area (Å²) in [7, 11) is 0. The Bertz CT molecular complexity index is 949. The number of benzene rings is 1. The van der Waals surface area contributed by atoms with Gasteiger partial charge in [-0.2, -0.15) is 0 Å². The number of morpholine rings is 1. The number of nitrogens with zero attached hydrogens (tertiary/aromatic N) is 2. The highest BCUT2D eigenvalue weighted by Gasteiger charge is 2.24. The topological polar surface area (TPSA) is 38.6 Å². The van der Waals surface area contributed by atoms with Gasteiger partial charge < -0.3 is 14.5 Å². The normalized spacial score (nSPS) is 17.8. The second kappa shape index (κ2) is 7.44. The molecule has 3 aromatic rings. The van der Waals surface area contributed by atoms with Gasteiger partial charge in [-0.15, -0.1) is 0 Å². The average Bonchev–Trinajstić information content (AvgIpc) is 2.92. The molecule has 4 nitrogen and oxygen atoms in total. The fourth-order valence-electron chi connectivity index (χ4n) is 3.20. The minimum absolute atomic E-state index is 0.0182. The van der Waals surface area contributed by atoms with E-state index in [0.29, 0.717) is 38.9 Å². The number of fused-ring (bicyclic) bond motifs is 1. The highest BCUT2D eigenvalue weighted by molar-refractivity contribution is 9.10. The maximum Gasteiger partial charge on any atom is 0.139 e. The fraction of sp³-hybridized carbons (Fsp3) is 0.278. The number of nitrogens with one attached hydrogen (secondary N) is 1. The van der Waals surface area contributed by atoms with Crippen LogP contribution in [0.5, 0.6) is 0 Å². The van der Waals surface area contributed by atoms with Crippen molar-refractivity contribution in [3.05, 3.63) is 56.5 Å². The van der Waals surface area contributed by atoms with Crippen molar-refractivity contribution in [3.8, 4) is 11.3 Å². The molecule has 0 unspecified atom stereocenters. The zero-order chi connectivity index (χ0) is 18.3. The molecule has 1 saturated heterocycles. The second-order valence-corrected chi connectivity index (χ2v) is 7.89. The minimum Gasteiger partial charge on any atom is -0.375 e. The van der Waals surface area contributed by atoms with Gasteiger partial charge >= 0.3 is 0 Å². The monoisotopic (exact) mass is 457 g/mol. The lowest BCUT2D eigenvalue weighted by atomic mass is 10.0. The van der Waals surface area contributed by atoms with Gasteiger partial charge in [0.2, 0.25) is 0 Å². The molecular weight excluding hydrogens is 444 g/mol. The first kappa shape index (κ1) is 18.2. The van der Waals surface area contributed by atoms with Crippen molar-refractivity contribution >= 4 is 44.8 Å². The Morgan fingerprint density at radius 3 is 2.92 bits per heavy atom. The number of hydrogen-bond donors (Lipinski definition) is 1. The molecule has 136 valence electrons. The molecule has 2 aromatic heterocycles. The van der Waals surface area contributed by atoms with E-state index in [9.17, 15) is 4.39 Å². The number of imidazole rings is 1. The van der Waals surface area contributed by atoms with Gasteiger partial charge in [-0.1, -0.05) is 39.1 Å². The van der Waals surface area contributed by atoms with E-state index in [1.165, 1.54) is 6.07 Å². The van der Waals surface area contributed by atoms with Crippen LogP contribution in [0.3, 0.4) is 0 Å². The van der Waals surface area contributed by atoms with E-state index in [1.54, 1.807) is 18.2 Å². The summed E-state index contributed by atoms with van der Waals surface area (Å²) in [5.74, 6) is -0.428. The summed E-state index contributed by atoms with van der Waals surface area (Å²) in [6.07, 6.45) is 2.40. The van der Waals surface area contributed by atoms with Crippen LogP contribution in [0.25, 0.3) is 16.9 Å². The predicted molar refractivity (Wildman–Crippen MR) is 105 cm³/mol. The molecule has 0 amide bonds. The van der Waals surface area contributed by atoms with Crippen LogP contribution in [0, 0.1) is 5.82 Å². The van der Waals surface area contributed by atoms with Crippen LogP contribution >= 0.6 is 39.1 Å². The van der Waals surface area contributed by atoms with E-state index in [2.05, 4.69) is 26.2 Å². The first-order valence-corrected chi connectivity index (χ1v) is 9.71. The van der Waals surface area contributed by atoms with Crippen molar-refractivity contribution in [2.24, 2.45) is 0 Å². The molecule has 1 aliphatic heterocycles. The van der Waals surface area contributed by atoms with Crippen LogP contribution in [0.1, 0.15) is 5.69 Å². The van der Waals surface area contributed by atoms with Gasteiger partial charge in [0, 0.05) is 41.3 Å². The van der Waals surface area contributed by atoms with E-state index in [-0.39, 0.29) is 11.7 Å². The Labute approximate surface area is 168 Å². The Kier molecular flexibility index (Phi) is 5.21. The molecular formula is C18H15BrCl2FN3O. The van der Waals surface area contributed by atoms with Gasteiger partial charge in [0.25, 0.3) is 0 Å². The van der Waals surface area contributed by atoms with Crippen LogP contribution in [-0.2, 0) is 11.2 Å². The van der Waals surface area contributed by atoms with Gasteiger partial charge in [-0.05, 0) is 18.2 Å². The summed E-state index contributed by atoms with van der Waals surface area (Å²) in [5, 5.41) is 4.18. The standard InChI is InChI=1S/C18H15BrCl2FN3O/c19-10-5-13(21)17(14(22)6-10)18-15(8-12-9-23-2-4-26-12)25-3-1-11(20)7-16(25)24-18/h1,3,5-7,12,23H,2,4,8-9H2/t12-/m0/s1. The molecule has 0 aliphatic carbocycles. The van der Waals surface area contributed by atoms with Gasteiger partial charge in [-0.25, -0.2) is 9.37 Å². The molecule has 1 N–H and O–H groups in total. The number of aromatic nitrogens is 2. The number of rotatable bonds is 3. The van der Waals surface area contributed by atoms with Crippen LogP contribution in [0.4, 0.5) is 4.39 Å². The molecule has 0 spiro atoms. The largest absolute Gasteiger partial charge is 0.375 e. The Hall–Kier alpha value is -1.18. The lowest BCUT2D eigenvalue weighted by molar-refractivity contribution is 0.0286. The summed E-state index contributed by atoms with van der Waals surface area (Å²) >= 11 is 15.7. The SMILES string of the molecule is Fc1cc(Br)cc(Cl)c1-c1nc2cc(Cl)ccn2c1C[C@H]1CNCCO1. The highest BCUT2D eigenvalue weighted by atomic mass is 79.9. The van der Waals surface area contributed by atoms with E-state index >= 15 is 0 Å². The van der Waals surface area contributed by atoms with Crippen LogP contribution in [0.15, 0.2) is 34.9 Å². The smallest absolute Gasteiger partial charge is 0.139 e. The first-order chi connectivity index (χ1) is 12.5. The molecule has 0 saturated carbocycles. The summed E-state index contributed by atoms with van der Waals surface area (Å²) in [4.78, 5) is 4.62. The maximum atomic E-state index is 14.7. The lowest BCUT2D eigenvalue weighted by Crippen LogP contribution is -2.39. The molecule has 26 heavy (non-hydrogen) atoms. The van der Waals surface area contributed by atoms with Crippen LogP contribution < -0.4 is 5.32 Å². The third kappa shape index (κ3) is 3.49. The highest BCUT2D eigenvalue weighted by Crippen LogP contribution is 2.36. The molecule has 0 bridgehead atoms. The minimum atomic E-state index is -0.428. The molecule has 4 rings (SSSR count). The lowest BCUT2D eigenvalue weighted by Gasteiger charge is -2.24. The number of pyridine rings is 1. The van der Waals surface area contributed by atoms with E-state index < -0.39 is 5.82 Å². The molecule has 1 aromatic carbocycles. The Balaban J connectivity index is 1.89. The van der Waals surface area contributed by atoms with E-state index in [1.807, 2.05) is 10.6 Å². The number of hydrogen-bond acceptors (Lipinski definition) is 3. The zero-order valence-corrected chi connectivity index (χ0v) is 16.7. The third-order valence-corrected chi connectivity index (χ3v) is 5.35. The van der Waals surface area contributed by atoms with Gasteiger partial charge in [0.05, 0.1) is 34.7 Å². The predicted octanol–water partition coefficient (Wildman–Crippen LogP) is 4.74. The summed E-state index contributed by atoms with van der Waals surface area (Å²) in [6.45, 7) is 2.21. The van der Waals surface area contributed by atoms with Crippen LogP contribution in [0.2, 0.25) is 10.0 Å². The molecule has 1 fully saturated rings. The van der Waals surface area contributed by atoms with Gasteiger partial charge in [0.15, 0.2) is 0 Å². The molecule has 1 atom stereocenters. The quantitative estimate of drug-likeness (QED) is 0.616. The van der Waals surface area contributed by atoms with Crippen molar-refractivity contribution in [2.45, 2.75) is 12.5 Å². The van der Waals surface area contributed by atoms with E-state index in [4.69, 9.17) is 27.9 Å². The van der Waals surface area contributed by atoms with E-state index in [0.717, 1.165) is 18.8 Å². The second-order valence-electron chi connectivity index (χ2n) is 6.13. The first-order valence-electron chi connectivity index (χ1n) is 8.16. The number of ether oxygens (including phenoxy) is 1. The molecule has 0 radical (unpaired) electrons. The summed E-state index contributed by atoms with van der Waals surface area (Å²) in [5.41, 5.74) is 2.28. The van der Waals surface area contributed by atoms with Crippen LogP contribution in [-0.4, -0.2) is 35.2 Å². The molecule has 8 heteroatoms. The fourth-order valence-corrected chi connectivity index (χ4v) is 4.21.